The molecule has 0 saturated carbocycles. The van der Waals surface area contributed by atoms with Crippen LogP contribution in [0.2, 0.25) is 0 Å². The highest BCUT2D eigenvalue weighted by molar-refractivity contribution is 6.39. The average Bonchev–Trinajstić information content (AvgIpc) is 2.20. The predicted octanol–water partition coefficient (Wildman–Crippen LogP) is 0.680. The number of nitrogens with one attached hydrogen (secondary N) is 2. The minimum Gasteiger partial charge on any atom is -0.351 e. The molecule has 1 aromatic carbocycles. The minimum atomic E-state index is -0.656. The molecule has 0 atom stereocenters. The molecule has 0 unspecified atom stereocenters. The quantitative estimate of drug-likeness (QED) is 0.643. The summed E-state index contributed by atoms with van der Waals surface area (Å²) >= 11 is 0. The van der Waals surface area contributed by atoms with E-state index in [0.29, 0.717) is 5.69 Å². The number of rotatable bonds is 1. The van der Waals surface area contributed by atoms with E-state index in [1.807, 2.05) is 19.1 Å². The second-order valence-corrected chi connectivity index (χ2v) is 2.90. The number of carbonyl (C=O) groups is 2. The Bertz CT molecular complexity index is 344. The maximum absolute atomic E-state index is 11.1. The summed E-state index contributed by atoms with van der Waals surface area (Å²) in [5.74, 6) is -1.30. The van der Waals surface area contributed by atoms with E-state index >= 15 is 0 Å². The fourth-order valence-corrected chi connectivity index (χ4v) is 0.938. The summed E-state index contributed by atoms with van der Waals surface area (Å²) in [6.07, 6.45) is 0. The minimum absolute atomic E-state index is 0.615. The van der Waals surface area contributed by atoms with E-state index in [9.17, 15) is 9.59 Å². The summed E-state index contributed by atoms with van der Waals surface area (Å²) in [6.45, 7) is 1.95. The van der Waals surface area contributed by atoms with Gasteiger partial charge in [0.15, 0.2) is 0 Å². The Morgan fingerprint density at radius 2 is 1.64 bits per heavy atom. The fourth-order valence-electron chi connectivity index (χ4n) is 0.938. The molecule has 0 aliphatic carbocycles. The van der Waals surface area contributed by atoms with Crippen LogP contribution in [0.25, 0.3) is 0 Å². The molecule has 1 aromatic rings. The fraction of sp³-hybridized carbons (Fsp3) is 0.200. The van der Waals surface area contributed by atoms with Crippen molar-refractivity contribution in [3.63, 3.8) is 0 Å². The molecule has 0 aliphatic heterocycles. The van der Waals surface area contributed by atoms with E-state index in [1.54, 1.807) is 12.1 Å². The van der Waals surface area contributed by atoms with Gasteiger partial charge in [0.2, 0.25) is 0 Å². The standard InChI is InChI=1S/C10H12N2O2/c1-7-3-5-8(6-4-7)12-10(14)9(13)11-2/h3-6H,1-2H3,(H,11,13)(H,12,14). The van der Waals surface area contributed by atoms with Gasteiger partial charge in [0.1, 0.15) is 0 Å². The van der Waals surface area contributed by atoms with Crippen LogP contribution >= 0.6 is 0 Å². The third-order valence-corrected chi connectivity index (χ3v) is 1.74. The van der Waals surface area contributed by atoms with Crippen molar-refractivity contribution in [2.75, 3.05) is 12.4 Å². The molecule has 0 spiro atoms. The number of aryl methyl sites for hydroxylation is 1. The molecule has 0 radical (unpaired) electrons. The molecule has 0 aliphatic rings. The molecule has 0 heterocycles. The molecular formula is C10H12N2O2. The highest BCUT2D eigenvalue weighted by atomic mass is 16.2. The van der Waals surface area contributed by atoms with Crippen LogP contribution in [0.3, 0.4) is 0 Å². The van der Waals surface area contributed by atoms with Gasteiger partial charge in [0.25, 0.3) is 0 Å². The van der Waals surface area contributed by atoms with E-state index in [2.05, 4.69) is 10.6 Å². The number of anilines is 1. The van der Waals surface area contributed by atoms with Crippen molar-refractivity contribution < 1.29 is 9.59 Å². The Balaban J connectivity index is 2.65. The smallest absolute Gasteiger partial charge is 0.313 e. The normalized spacial score (nSPS) is 9.29. The summed E-state index contributed by atoms with van der Waals surface area (Å²) < 4.78 is 0. The first-order valence-corrected chi connectivity index (χ1v) is 4.23. The van der Waals surface area contributed by atoms with E-state index < -0.39 is 11.8 Å². The van der Waals surface area contributed by atoms with Crippen molar-refractivity contribution >= 4 is 17.5 Å². The Kier molecular flexibility index (Phi) is 3.23. The molecule has 14 heavy (non-hydrogen) atoms. The second-order valence-electron chi connectivity index (χ2n) is 2.90. The number of amides is 2. The maximum Gasteiger partial charge on any atom is 0.313 e. The lowest BCUT2D eigenvalue weighted by Crippen LogP contribution is -2.32. The van der Waals surface area contributed by atoms with Crippen molar-refractivity contribution in [3.05, 3.63) is 29.8 Å². The van der Waals surface area contributed by atoms with E-state index in [0.717, 1.165) is 5.56 Å². The van der Waals surface area contributed by atoms with Gasteiger partial charge in [0.05, 0.1) is 0 Å². The highest BCUT2D eigenvalue weighted by Gasteiger charge is 2.10. The third-order valence-electron chi connectivity index (χ3n) is 1.74. The molecule has 2 N–H and O–H groups in total. The van der Waals surface area contributed by atoms with Crippen molar-refractivity contribution in [2.45, 2.75) is 6.92 Å². The average molecular weight is 192 g/mol. The molecule has 2 amide bonds. The van der Waals surface area contributed by atoms with Crippen LogP contribution in [0.15, 0.2) is 24.3 Å². The van der Waals surface area contributed by atoms with Gasteiger partial charge in [0, 0.05) is 12.7 Å². The largest absolute Gasteiger partial charge is 0.351 e. The molecule has 4 heteroatoms. The van der Waals surface area contributed by atoms with Gasteiger partial charge >= 0.3 is 11.8 Å². The molecule has 1 rings (SSSR count). The van der Waals surface area contributed by atoms with E-state index in [4.69, 9.17) is 0 Å². The Hall–Kier alpha value is -1.84. The lowest BCUT2D eigenvalue weighted by Gasteiger charge is -2.03. The van der Waals surface area contributed by atoms with Gasteiger partial charge in [-0.15, -0.1) is 0 Å². The van der Waals surface area contributed by atoms with Crippen molar-refractivity contribution in [1.82, 2.24) is 5.32 Å². The van der Waals surface area contributed by atoms with E-state index in [1.165, 1.54) is 7.05 Å². The number of hydrogen-bond acceptors (Lipinski definition) is 2. The Morgan fingerprint density at radius 3 is 2.14 bits per heavy atom. The molecule has 0 fully saturated rings. The first-order chi connectivity index (χ1) is 6.63. The van der Waals surface area contributed by atoms with Crippen molar-refractivity contribution in [3.8, 4) is 0 Å². The van der Waals surface area contributed by atoms with Crippen LogP contribution in [-0.2, 0) is 9.59 Å². The molecule has 0 saturated heterocycles. The third kappa shape index (κ3) is 2.58. The maximum atomic E-state index is 11.1. The van der Waals surface area contributed by atoms with Gasteiger partial charge < -0.3 is 10.6 Å². The molecule has 0 aromatic heterocycles. The van der Waals surface area contributed by atoms with Crippen LogP contribution in [0.4, 0.5) is 5.69 Å². The molecule has 0 bridgehead atoms. The summed E-state index contributed by atoms with van der Waals surface area (Å²) in [5.41, 5.74) is 1.71. The van der Waals surface area contributed by atoms with Crippen molar-refractivity contribution in [2.24, 2.45) is 0 Å². The highest BCUT2D eigenvalue weighted by Crippen LogP contribution is 2.07. The van der Waals surface area contributed by atoms with Crippen LogP contribution in [0.5, 0.6) is 0 Å². The lowest BCUT2D eigenvalue weighted by molar-refractivity contribution is -0.135. The molecule has 74 valence electrons. The van der Waals surface area contributed by atoms with Gasteiger partial charge in [-0.05, 0) is 19.1 Å². The first kappa shape index (κ1) is 10.2. The summed E-state index contributed by atoms with van der Waals surface area (Å²) in [4.78, 5) is 22.0. The van der Waals surface area contributed by atoms with Crippen LogP contribution in [-0.4, -0.2) is 18.9 Å². The number of benzene rings is 1. The van der Waals surface area contributed by atoms with Crippen LogP contribution in [0.1, 0.15) is 5.56 Å². The van der Waals surface area contributed by atoms with Crippen molar-refractivity contribution in [1.29, 1.82) is 0 Å². The number of likely N-dealkylation sites (N-methyl/N-ethyl adjacent to an activating group) is 1. The Labute approximate surface area is 82.3 Å². The second kappa shape index (κ2) is 4.41. The summed E-state index contributed by atoms with van der Waals surface area (Å²) in [6, 6.07) is 7.21. The van der Waals surface area contributed by atoms with Gasteiger partial charge in [-0.2, -0.15) is 0 Å². The van der Waals surface area contributed by atoms with Gasteiger partial charge in [-0.25, -0.2) is 0 Å². The first-order valence-electron chi connectivity index (χ1n) is 4.23. The topological polar surface area (TPSA) is 58.2 Å². The summed E-state index contributed by atoms with van der Waals surface area (Å²) in [5, 5.41) is 4.71. The van der Waals surface area contributed by atoms with Gasteiger partial charge in [-0.3, -0.25) is 9.59 Å². The monoisotopic (exact) mass is 192 g/mol. The van der Waals surface area contributed by atoms with Crippen LogP contribution in [0, 0.1) is 6.92 Å². The molecule has 4 nitrogen and oxygen atoms in total. The Morgan fingerprint density at radius 1 is 1.07 bits per heavy atom. The zero-order valence-corrected chi connectivity index (χ0v) is 8.13. The SMILES string of the molecule is CNC(=O)C(=O)Nc1ccc(C)cc1. The number of carbonyl (C=O) groups excluding carboxylic acids is 2. The zero-order chi connectivity index (χ0) is 10.6. The number of hydrogen-bond donors (Lipinski definition) is 2. The lowest BCUT2D eigenvalue weighted by atomic mass is 10.2. The van der Waals surface area contributed by atoms with Gasteiger partial charge in [-0.1, -0.05) is 17.7 Å². The van der Waals surface area contributed by atoms with Crippen LogP contribution < -0.4 is 10.6 Å². The molecular weight excluding hydrogens is 180 g/mol. The zero-order valence-electron chi connectivity index (χ0n) is 8.13. The van der Waals surface area contributed by atoms with E-state index in [-0.39, 0.29) is 0 Å². The predicted molar refractivity (Wildman–Crippen MR) is 53.9 cm³/mol. The summed E-state index contributed by atoms with van der Waals surface area (Å²) in [7, 11) is 1.41.